The van der Waals surface area contributed by atoms with Crippen molar-refractivity contribution in [2.45, 2.75) is 122 Å². The van der Waals surface area contributed by atoms with Crippen molar-refractivity contribution in [1.82, 2.24) is 0 Å². The first kappa shape index (κ1) is 27.9. The van der Waals surface area contributed by atoms with Gasteiger partial charge in [0.25, 0.3) is 0 Å². The molecule has 0 aliphatic heterocycles. The number of carbonyl (C=O) groups excluding carboxylic acids is 2. The number of fused-ring (bicyclic) bond motifs is 5. The van der Waals surface area contributed by atoms with E-state index in [1.54, 1.807) is 19.9 Å². The molecule has 3 fully saturated rings. The molecule has 0 radical (unpaired) electrons. The summed E-state index contributed by atoms with van der Waals surface area (Å²) in [5.74, 6) is -1.36. The molecule has 4 aliphatic rings. The van der Waals surface area contributed by atoms with Gasteiger partial charge in [0.2, 0.25) is 0 Å². The van der Waals surface area contributed by atoms with Crippen LogP contribution >= 0.6 is 0 Å². The van der Waals surface area contributed by atoms with Crippen molar-refractivity contribution in [2.75, 3.05) is 0 Å². The fourth-order valence-electron chi connectivity index (χ4n) is 8.74. The van der Waals surface area contributed by atoms with Gasteiger partial charge in [-0.3, -0.25) is 9.59 Å². The van der Waals surface area contributed by atoms with Crippen molar-refractivity contribution in [2.24, 2.45) is 34.5 Å². The molecule has 7 heteroatoms. The summed E-state index contributed by atoms with van der Waals surface area (Å²) < 4.78 is 0. The van der Waals surface area contributed by atoms with E-state index in [2.05, 4.69) is 6.92 Å². The van der Waals surface area contributed by atoms with Gasteiger partial charge in [0.1, 0.15) is 5.60 Å². The molecule has 204 valence electrons. The Bertz CT molecular complexity index is 952. The molecule has 4 aliphatic carbocycles. The SMILES string of the molecule is CC(=O)[C@]1(O)C[C@]2(C)C3CC[C@]4(C)[C@@H](C(C)[C@H](O)CCC(C)(C)O)CC[C@@]4(O)C3=CC(=O)[C@@H]2C[C@H]1O. The van der Waals surface area contributed by atoms with Gasteiger partial charge in [-0.2, -0.15) is 0 Å². The number of allylic oxidation sites excluding steroid dienone is 1. The minimum atomic E-state index is -1.89. The molecule has 0 saturated heterocycles. The third-order valence-corrected chi connectivity index (χ3v) is 11.2. The number of ketones is 2. The summed E-state index contributed by atoms with van der Waals surface area (Å²) in [5, 5.41) is 55.2. The summed E-state index contributed by atoms with van der Waals surface area (Å²) in [5.41, 5.74) is -4.52. The Morgan fingerprint density at radius 3 is 2.39 bits per heavy atom. The summed E-state index contributed by atoms with van der Waals surface area (Å²) in [6, 6.07) is 0. The summed E-state index contributed by atoms with van der Waals surface area (Å²) >= 11 is 0. The maximum Gasteiger partial charge on any atom is 0.163 e. The van der Waals surface area contributed by atoms with Gasteiger partial charge in [0.15, 0.2) is 11.6 Å². The minimum Gasteiger partial charge on any atom is -0.393 e. The highest BCUT2D eigenvalue weighted by atomic mass is 16.4. The lowest BCUT2D eigenvalue weighted by Gasteiger charge is -2.61. The second kappa shape index (κ2) is 8.70. The Morgan fingerprint density at radius 1 is 1.17 bits per heavy atom. The Morgan fingerprint density at radius 2 is 1.81 bits per heavy atom. The molecule has 0 bridgehead atoms. The van der Waals surface area contributed by atoms with Gasteiger partial charge < -0.3 is 25.5 Å². The van der Waals surface area contributed by atoms with Gasteiger partial charge in [-0.25, -0.2) is 0 Å². The molecular formula is C29H46O7. The predicted molar refractivity (Wildman–Crippen MR) is 135 cm³/mol. The van der Waals surface area contributed by atoms with Gasteiger partial charge in [-0.05, 0) is 107 Å². The molecule has 0 aromatic carbocycles. The van der Waals surface area contributed by atoms with Gasteiger partial charge in [0.05, 0.1) is 23.4 Å². The summed E-state index contributed by atoms with van der Waals surface area (Å²) in [6.07, 6.45) is 3.34. The molecule has 2 unspecified atom stereocenters. The fourth-order valence-corrected chi connectivity index (χ4v) is 8.74. The van der Waals surface area contributed by atoms with Crippen molar-refractivity contribution in [3.05, 3.63) is 11.6 Å². The lowest BCUT2D eigenvalue weighted by atomic mass is 9.44. The summed E-state index contributed by atoms with van der Waals surface area (Å²) in [7, 11) is 0. The van der Waals surface area contributed by atoms with Crippen LogP contribution in [-0.2, 0) is 9.59 Å². The zero-order valence-electron chi connectivity index (χ0n) is 22.8. The molecule has 0 heterocycles. The molecule has 0 aromatic rings. The lowest BCUT2D eigenvalue weighted by Crippen LogP contribution is -2.65. The van der Waals surface area contributed by atoms with E-state index in [9.17, 15) is 35.1 Å². The van der Waals surface area contributed by atoms with E-state index in [4.69, 9.17) is 0 Å². The molecule has 7 nitrogen and oxygen atoms in total. The summed E-state index contributed by atoms with van der Waals surface area (Å²) in [4.78, 5) is 25.8. The number of hydrogen-bond acceptors (Lipinski definition) is 7. The molecule has 0 aromatic heterocycles. The highest BCUT2D eigenvalue weighted by Gasteiger charge is 2.68. The average Bonchev–Trinajstić information content (AvgIpc) is 3.04. The average molecular weight is 507 g/mol. The van der Waals surface area contributed by atoms with Gasteiger partial charge in [0, 0.05) is 11.3 Å². The molecule has 4 rings (SSSR count). The first-order valence-electron chi connectivity index (χ1n) is 13.7. The zero-order valence-corrected chi connectivity index (χ0v) is 22.8. The fraction of sp³-hybridized carbons (Fsp3) is 0.862. The third kappa shape index (κ3) is 3.96. The monoisotopic (exact) mass is 506 g/mol. The van der Waals surface area contributed by atoms with Gasteiger partial charge in [-0.15, -0.1) is 0 Å². The number of rotatable bonds is 6. The van der Waals surface area contributed by atoms with Crippen molar-refractivity contribution in [3.8, 4) is 0 Å². The van der Waals surface area contributed by atoms with Gasteiger partial charge >= 0.3 is 0 Å². The van der Waals surface area contributed by atoms with Crippen LogP contribution in [-0.4, -0.2) is 66.1 Å². The van der Waals surface area contributed by atoms with E-state index in [-0.39, 0.29) is 36.4 Å². The van der Waals surface area contributed by atoms with E-state index >= 15 is 0 Å². The van der Waals surface area contributed by atoms with Crippen LogP contribution < -0.4 is 0 Å². The van der Waals surface area contributed by atoms with Crippen LogP contribution in [0.2, 0.25) is 0 Å². The standard InChI is InChI=1S/C29H46O7/c1-16(22(31)9-10-25(3,4)34)18-8-12-29(36)20-13-23(32)21-14-24(33)28(35,17(2)30)15-26(21,5)19(20)7-11-27(18,29)6/h13,16,18-19,21-22,24,31,33-36H,7-12,14-15H2,1-6H3/t16?,18-,19?,21+,22-,24-,26-,27-,28-,29-/m1/s1. The molecule has 3 saturated carbocycles. The van der Waals surface area contributed by atoms with Crippen LogP contribution in [0.3, 0.4) is 0 Å². The minimum absolute atomic E-state index is 0.00278. The first-order valence-corrected chi connectivity index (χ1v) is 13.7. The molecule has 0 amide bonds. The second-order valence-corrected chi connectivity index (χ2v) is 13.8. The smallest absolute Gasteiger partial charge is 0.163 e. The zero-order chi connectivity index (χ0) is 27.1. The quantitative estimate of drug-likeness (QED) is 0.374. The van der Waals surface area contributed by atoms with Crippen LogP contribution in [0.25, 0.3) is 0 Å². The van der Waals surface area contributed by atoms with Crippen molar-refractivity contribution < 1.29 is 35.1 Å². The number of aliphatic hydroxyl groups is 5. The molecule has 5 N–H and O–H groups in total. The van der Waals surface area contributed by atoms with E-state index in [1.807, 2.05) is 13.8 Å². The highest BCUT2D eigenvalue weighted by Crippen LogP contribution is 2.68. The molecule has 0 spiro atoms. The van der Waals surface area contributed by atoms with Crippen molar-refractivity contribution in [3.63, 3.8) is 0 Å². The second-order valence-electron chi connectivity index (χ2n) is 13.8. The number of aliphatic hydroxyl groups excluding tert-OH is 2. The maximum atomic E-state index is 13.4. The Labute approximate surface area is 215 Å². The van der Waals surface area contributed by atoms with Crippen LogP contribution in [0.1, 0.15) is 92.9 Å². The van der Waals surface area contributed by atoms with Crippen molar-refractivity contribution >= 4 is 11.6 Å². The van der Waals surface area contributed by atoms with Crippen molar-refractivity contribution in [1.29, 1.82) is 0 Å². The highest BCUT2D eigenvalue weighted by molar-refractivity contribution is 5.96. The van der Waals surface area contributed by atoms with Crippen LogP contribution in [0, 0.1) is 34.5 Å². The third-order valence-electron chi connectivity index (χ3n) is 11.2. The number of hydrogen-bond donors (Lipinski definition) is 5. The van der Waals surface area contributed by atoms with E-state index in [0.29, 0.717) is 37.7 Å². The molecule has 36 heavy (non-hydrogen) atoms. The van der Waals surface area contributed by atoms with Crippen LogP contribution in [0.4, 0.5) is 0 Å². The Balaban J connectivity index is 1.66. The van der Waals surface area contributed by atoms with Crippen LogP contribution in [0.15, 0.2) is 11.6 Å². The van der Waals surface area contributed by atoms with E-state index in [1.165, 1.54) is 6.92 Å². The topological polar surface area (TPSA) is 135 Å². The first-order chi connectivity index (χ1) is 16.4. The number of carbonyl (C=O) groups is 2. The molecule has 10 atom stereocenters. The normalized spacial score (nSPS) is 46.3. The lowest BCUT2D eigenvalue weighted by molar-refractivity contribution is -0.187. The van der Waals surface area contributed by atoms with E-state index < -0.39 is 51.5 Å². The molecular weight excluding hydrogens is 460 g/mol. The van der Waals surface area contributed by atoms with Gasteiger partial charge in [-0.1, -0.05) is 20.8 Å². The van der Waals surface area contributed by atoms with E-state index in [0.717, 1.165) is 6.42 Å². The summed E-state index contributed by atoms with van der Waals surface area (Å²) in [6.45, 7) is 10.8. The largest absolute Gasteiger partial charge is 0.393 e. The Hall–Kier alpha value is -1.12. The predicted octanol–water partition coefficient (Wildman–Crippen LogP) is 2.70. The maximum absolute atomic E-state index is 13.4. The van der Waals surface area contributed by atoms with Crippen LogP contribution in [0.5, 0.6) is 0 Å². The Kier molecular flexibility index (Phi) is 6.74. The number of Topliss-reactive ketones (excluding diaryl/α,β-unsaturated/α-hetero) is 1.